The molecule has 1 aromatic heterocycles. The first kappa shape index (κ1) is 21.3. The van der Waals surface area contributed by atoms with Gasteiger partial charge in [-0.25, -0.2) is 4.98 Å². The van der Waals surface area contributed by atoms with Gasteiger partial charge in [-0.05, 0) is 51.0 Å². The van der Waals surface area contributed by atoms with Gasteiger partial charge in [0.2, 0.25) is 0 Å². The third-order valence-electron chi connectivity index (χ3n) is 4.94. The van der Waals surface area contributed by atoms with Gasteiger partial charge in [-0.3, -0.25) is 15.5 Å². The minimum atomic E-state index is -0.440. The van der Waals surface area contributed by atoms with Gasteiger partial charge in [0.25, 0.3) is 5.91 Å². The monoisotopic (exact) mass is 404 g/mol. The molecule has 0 saturated heterocycles. The average Bonchev–Trinajstić information content (AvgIpc) is 2.66. The fourth-order valence-electron chi connectivity index (χ4n) is 3.62. The Morgan fingerprint density at radius 2 is 1.93 bits per heavy atom. The molecule has 0 unspecified atom stereocenters. The Labute approximate surface area is 177 Å². The van der Waals surface area contributed by atoms with E-state index in [-0.39, 0.29) is 5.60 Å². The van der Waals surface area contributed by atoms with Crippen LogP contribution < -0.4 is 15.8 Å². The minimum absolute atomic E-state index is 0.301. The number of amides is 1. The van der Waals surface area contributed by atoms with Crippen LogP contribution in [0.5, 0.6) is 5.75 Å². The van der Waals surface area contributed by atoms with Gasteiger partial charge in [-0.2, -0.15) is 0 Å². The van der Waals surface area contributed by atoms with E-state index in [1.54, 1.807) is 6.07 Å². The summed E-state index contributed by atoms with van der Waals surface area (Å²) in [6, 6.07) is 15.2. The standard InChI is InChI=1S/C24H28N4O2/c1-5-12-24(3,4)30-16-10-11-18-19(22(29)28-23(25)26)14-21(27-20(18)13-16)17-9-7-6-8-15(17)2/h6-11,13-14H,5,12H2,1-4H3,(H4,25,26,28,29). The molecular weight excluding hydrogens is 376 g/mol. The van der Waals surface area contributed by atoms with Crippen LogP contribution in [-0.4, -0.2) is 22.5 Å². The first-order valence-electron chi connectivity index (χ1n) is 10.1. The van der Waals surface area contributed by atoms with E-state index < -0.39 is 11.9 Å². The number of pyridine rings is 1. The maximum Gasteiger partial charge on any atom is 0.258 e. The molecule has 6 heteroatoms. The van der Waals surface area contributed by atoms with Crippen LogP contribution in [0.2, 0.25) is 0 Å². The highest BCUT2D eigenvalue weighted by atomic mass is 16.5. The summed E-state index contributed by atoms with van der Waals surface area (Å²) in [5, 5.41) is 10.5. The number of nitrogens with two attached hydrogens (primary N) is 1. The van der Waals surface area contributed by atoms with Crippen LogP contribution in [0.3, 0.4) is 0 Å². The predicted molar refractivity (Wildman–Crippen MR) is 121 cm³/mol. The van der Waals surface area contributed by atoms with Gasteiger partial charge in [0.15, 0.2) is 5.96 Å². The molecule has 0 radical (unpaired) electrons. The Kier molecular flexibility index (Phi) is 6.06. The first-order valence-corrected chi connectivity index (χ1v) is 10.1. The molecule has 0 spiro atoms. The molecular formula is C24H28N4O2. The summed E-state index contributed by atoms with van der Waals surface area (Å²) in [5.74, 6) is -0.137. The molecule has 2 aromatic carbocycles. The Hall–Kier alpha value is -3.41. The number of carbonyl (C=O) groups excluding carboxylic acids is 1. The molecule has 0 saturated carbocycles. The molecule has 0 bridgehead atoms. The van der Waals surface area contributed by atoms with Crippen molar-refractivity contribution in [1.29, 1.82) is 5.41 Å². The summed E-state index contributed by atoms with van der Waals surface area (Å²) in [5.41, 5.74) is 8.82. The lowest BCUT2D eigenvalue weighted by atomic mass is 10.00. The second-order valence-electron chi connectivity index (χ2n) is 8.03. The smallest absolute Gasteiger partial charge is 0.258 e. The zero-order valence-electron chi connectivity index (χ0n) is 17.9. The van der Waals surface area contributed by atoms with Crippen molar-refractivity contribution in [3.8, 4) is 17.0 Å². The van der Waals surface area contributed by atoms with Crippen LogP contribution >= 0.6 is 0 Å². The fourth-order valence-corrected chi connectivity index (χ4v) is 3.62. The van der Waals surface area contributed by atoms with Crippen molar-refractivity contribution >= 4 is 22.8 Å². The zero-order chi connectivity index (χ0) is 21.9. The van der Waals surface area contributed by atoms with Crippen molar-refractivity contribution in [3.05, 3.63) is 59.7 Å². The number of nitrogens with zero attached hydrogens (tertiary/aromatic N) is 1. The number of aromatic nitrogens is 1. The van der Waals surface area contributed by atoms with Crippen LogP contribution in [0.15, 0.2) is 48.5 Å². The number of ether oxygens (including phenoxy) is 1. The highest BCUT2D eigenvalue weighted by Gasteiger charge is 2.20. The number of rotatable bonds is 6. The Morgan fingerprint density at radius 1 is 1.20 bits per heavy atom. The number of aryl methyl sites for hydroxylation is 1. The zero-order valence-corrected chi connectivity index (χ0v) is 17.9. The summed E-state index contributed by atoms with van der Waals surface area (Å²) in [4.78, 5) is 17.6. The number of nitrogens with one attached hydrogen (secondary N) is 2. The van der Waals surface area contributed by atoms with Gasteiger partial charge in [-0.1, -0.05) is 37.6 Å². The molecule has 3 aromatic rings. The Balaban J connectivity index is 2.16. The van der Waals surface area contributed by atoms with E-state index >= 15 is 0 Å². The number of fused-ring (bicyclic) bond motifs is 1. The quantitative estimate of drug-likeness (QED) is 0.406. The molecule has 4 N–H and O–H groups in total. The van der Waals surface area contributed by atoms with Crippen molar-refractivity contribution in [2.75, 3.05) is 0 Å². The highest BCUT2D eigenvalue weighted by Crippen LogP contribution is 2.31. The summed E-state index contributed by atoms with van der Waals surface area (Å²) in [6.45, 7) is 8.25. The van der Waals surface area contributed by atoms with Crippen LogP contribution in [0, 0.1) is 12.3 Å². The van der Waals surface area contributed by atoms with Crippen LogP contribution in [0.1, 0.15) is 49.5 Å². The summed E-state index contributed by atoms with van der Waals surface area (Å²) in [6.07, 6.45) is 1.94. The lowest BCUT2D eigenvalue weighted by Gasteiger charge is -2.26. The lowest BCUT2D eigenvalue weighted by molar-refractivity contribution is 0.0973. The van der Waals surface area contributed by atoms with Gasteiger partial charge >= 0.3 is 0 Å². The minimum Gasteiger partial charge on any atom is -0.488 e. The van der Waals surface area contributed by atoms with E-state index in [1.807, 2.05) is 49.4 Å². The van der Waals surface area contributed by atoms with E-state index in [0.29, 0.717) is 27.9 Å². The predicted octanol–water partition coefficient (Wildman–Crippen LogP) is 4.79. The molecule has 0 aliphatic heterocycles. The SMILES string of the molecule is CCCC(C)(C)Oc1ccc2c(C(=O)NC(=N)N)cc(-c3ccccc3C)nc2c1. The highest BCUT2D eigenvalue weighted by molar-refractivity contribution is 6.12. The van der Waals surface area contributed by atoms with Crippen molar-refractivity contribution in [1.82, 2.24) is 10.3 Å². The van der Waals surface area contributed by atoms with Crippen molar-refractivity contribution < 1.29 is 9.53 Å². The average molecular weight is 405 g/mol. The van der Waals surface area contributed by atoms with Gasteiger partial charge in [0.05, 0.1) is 16.8 Å². The number of benzene rings is 2. The van der Waals surface area contributed by atoms with E-state index in [4.69, 9.17) is 20.9 Å². The van der Waals surface area contributed by atoms with E-state index in [9.17, 15) is 4.79 Å². The van der Waals surface area contributed by atoms with E-state index in [1.165, 1.54) is 0 Å². The number of hydrogen-bond acceptors (Lipinski definition) is 4. The molecule has 0 aliphatic rings. The van der Waals surface area contributed by atoms with E-state index in [2.05, 4.69) is 26.1 Å². The van der Waals surface area contributed by atoms with Crippen molar-refractivity contribution in [2.24, 2.45) is 5.73 Å². The third-order valence-corrected chi connectivity index (χ3v) is 4.94. The van der Waals surface area contributed by atoms with Gasteiger partial charge in [0, 0.05) is 17.0 Å². The number of carbonyl (C=O) groups is 1. The molecule has 0 fully saturated rings. The van der Waals surface area contributed by atoms with Crippen molar-refractivity contribution in [2.45, 2.75) is 46.1 Å². The molecule has 1 amide bonds. The summed E-state index contributed by atoms with van der Waals surface area (Å²) < 4.78 is 6.19. The molecule has 1 heterocycles. The molecule has 0 atom stereocenters. The fraction of sp³-hybridized carbons (Fsp3) is 0.292. The second-order valence-corrected chi connectivity index (χ2v) is 8.03. The molecule has 0 aliphatic carbocycles. The summed E-state index contributed by atoms with van der Waals surface area (Å²) in [7, 11) is 0. The van der Waals surface area contributed by atoms with Crippen molar-refractivity contribution in [3.63, 3.8) is 0 Å². The number of guanidine groups is 1. The Morgan fingerprint density at radius 3 is 2.60 bits per heavy atom. The van der Waals surface area contributed by atoms with Gasteiger partial charge < -0.3 is 10.5 Å². The maximum atomic E-state index is 12.7. The topological polar surface area (TPSA) is 101 Å². The van der Waals surface area contributed by atoms with Crippen LogP contribution in [0.4, 0.5) is 0 Å². The lowest BCUT2D eigenvalue weighted by Crippen LogP contribution is -2.35. The van der Waals surface area contributed by atoms with E-state index in [0.717, 1.165) is 24.0 Å². The van der Waals surface area contributed by atoms with Gasteiger partial charge in [-0.15, -0.1) is 0 Å². The molecule has 3 rings (SSSR count). The largest absolute Gasteiger partial charge is 0.488 e. The second kappa shape index (κ2) is 8.53. The molecule has 30 heavy (non-hydrogen) atoms. The van der Waals surface area contributed by atoms with Crippen LogP contribution in [-0.2, 0) is 0 Å². The van der Waals surface area contributed by atoms with Gasteiger partial charge in [0.1, 0.15) is 11.4 Å². The molecule has 6 nitrogen and oxygen atoms in total. The first-order chi connectivity index (χ1) is 14.2. The normalized spacial score (nSPS) is 11.3. The third kappa shape index (κ3) is 4.76. The number of hydrogen-bond donors (Lipinski definition) is 3. The Bertz CT molecular complexity index is 1110. The summed E-state index contributed by atoms with van der Waals surface area (Å²) >= 11 is 0. The maximum absolute atomic E-state index is 12.7. The molecule has 156 valence electrons. The van der Waals surface area contributed by atoms with Crippen LogP contribution in [0.25, 0.3) is 22.2 Å².